The molecule has 1 aromatic heterocycles. The molecule has 2 fully saturated rings. The van der Waals surface area contributed by atoms with Crippen molar-refractivity contribution in [1.82, 2.24) is 0 Å². The predicted octanol–water partition coefficient (Wildman–Crippen LogP) is 3.38. The van der Waals surface area contributed by atoms with Gasteiger partial charge in [-0.3, -0.25) is 4.79 Å². The van der Waals surface area contributed by atoms with E-state index in [1.54, 1.807) is 6.07 Å². The van der Waals surface area contributed by atoms with Gasteiger partial charge in [0.15, 0.2) is 0 Å². The average molecular weight is 260 g/mol. The van der Waals surface area contributed by atoms with Crippen LogP contribution in [0.25, 0.3) is 0 Å². The fourth-order valence-corrected chi connectivity index (χ4v) is 4.29. The Kier molecular flexibility index (Phi) is 3.09. The van der Waals surface area contributed by atoms with Gasteiger partial charge in [0, 0.05) is 6.42 Å². The van der Waals surface area contributed by atoms with Gasteiger partial charge in [0.05, 0.1) is 5.56 Å². The molecule has 0 spiro atoms. The first-order valence-electron chi connectivity index (χ1n) is 6.53. The van der Waals surface area contributed by atoms with Gasteiger partial charge in [0.1, 0.15) is 11.1 Å². The quantitative estimate of drug-likeness (QED) is 0.905. The van der Waals surface area contributed by atoms with Gasteiger partial charge in [-0.15, -0.1) is 11.3 Å². The van der Waals surface area contributed by atoms with Gasteiger partial charge in [-0.1, -0.05) is 6.42 Å². The van der Waals surface area contributed by atoms with E-state index >= 15 is 0 Å². The lowest BCUT2D eigenvalue weighted by molar-refractivity contribution is -0.117. The molecule has 0 aromatic carbocycles. The van der Waals surface area contributed by atoms with Crippen molar-refractivity contribution in [3.63, 3.8) is 0 Å². The first-order chi connectivity index (χ1) is 8.76. The van der Waals surface area contributed by atoms with E-state index in [1.807, 2.05) is 5.38 Å². The summed E-state index contributed by atoms with van der Waals surface area (Å²) in [5.41, 5.74) is 0.571. The molecule has 2 bridgehead atoms. The first-order valence-corrected chi connectivity index (χ1v) is 7.41. The summed E-state index contributed by atoms with van der Waals surface area (Å²) in [6.45, 7) is 0. The number of thiophene rings is 1. The third-order valence-electron chi connectivity index (χ3n) is 4.37. The van der Waals surface area contributed by atoms with Crippen LogP contribution in [0.15, 0.2) is 11.4 Å². The van der Waals surface area contributed by atoms with Crippen molar-refractivity contribution in [2.24, 2.45) is 17.8 Å². The summed E-state index contributed by atoms with van der Waals surface area (Å²) >= 11 is 1.42. The lowest BCUT2D eigenvalue weighted by Crippen LogP contribution is -2.20. The molecule has 1 heterocycles. The van der Waals surface area contributed by atoms with Crippen molar-refractivity contribution in [3.8, 4) is 6.07 Å². The van der Waals surface area contributed by atoms with Gasteiger partial charge in [0.2, 0.25) is 5.91 Å². The summed E-state index contributed by atoms with van der Waals surface area (Å²) in [6, 6.07) is 3.85. The van der Waals surface area contributed by atoms with Crippen LogP contribution in [-0.2, 0) is 4.79 Å². The molecule has 94 valence electrons. The molecule has 2 aliphatic rings. The molecule has 2 aliphatic carbocycles. The Morgan fingerprint density at radius 3 is 3.06 bits per heavy atom. The molecule has 18 heavy (non-hydrogen) atoms. The van der Waals surface area contributed by atoms with Gasteiger partial charge >= 0.3 is 0 Å². The van der Waals surface area contributed by atoms with Crippen LogP contribution >= 0.6 is 11.3 Å². The van der Waals surface area contributed by atoms with Gasteiger partial charge in [0.25, 0.3) is 0 Å². The molecule has 3 atom stereocenters. The van der Waals surface area contributed by atoms with Gasteiger partial charge < -0.3 is 5.32 Å². The van der Waals surface area contributed by atoms with Crippen LogP contribution in [0.3, 0.4) is 0 Å². The second-order valence-corrected chi connectivity index (χ2v) is 6.38. The Labute approximate surface area is 111 Å². The summed E-state index contributed by atoms with van der Waals surface area (Å²) < 4.78 is 0. The summed E-state index contributed by atoms with van der Waals surface area (Å²) in [5, 5.41) is 14.3. The zero-order valence-electron chi connectivity index (χ0n) is 10.2. The van der Waals surface area contributed by atoms with E-state index < -0.39 is 0 Å². The number of nitriles is 1. The number of carbonyl (C=O) groups excluding carboxylic acids is 1. The molecule has 0 saturated heterocycles. The lowest BCUT2D eigenvalue weighted by atomic mass is 9.86. The van der Waals surface area contributed by atoms with Crippen LogP contribution < -0.4 is 5.32 Å². The maximum Gasteiger partial charge on any atom is 0.225 e. The van der Waals surface area contributed by atoms with E-state index in [9.17, 15) is 4.79 Å². The number of hydrogen-bond donors (Lipinski definition) is 1. The summed E-state index contributed by atoms with van der Waals surface area (Å²) in [6.07, 6.45) is 5.87. The van der Waals surface area contributed by atoms with E-state index in [0.29, 0.717) is 22.9 Å². The maximum atomic E-state index is 12.0. The molecule has 1 amide bonds. The summed E-state index contributed by atoms with van der Waals surface area (Å²) in [5.74, 6) is 2.31. The van der Waals surface area contributed by atoms with Crippen LogP contribution in [0.2, 0.25) is 0 Å². The second-order valence-electron chi connectivity index (χ2n) is 5.46. The Balaban J connectivity index is 1.58. The maximum absolute atomic E-state index is 12.0. The molecule has 1 aromatic rings. The monoisotopic (exact) mass is 260 g/mol. The number of nitrogens with zero attached hydrogens (tertiary/aromatic N) is 1. The van der Waals surface area contributed by atoms with E-state index in [-0.39, 0.29) is 5.91 Å². The van der Waals surface area contributed by atoms with E-state index in [2.05, 4.69) is 11.4 Å². The molecular weight excluding hydrogens is 244 g/mol. The number of fused-ring (bicyclic) bond motifs is 2. The van der Waals surface area contributed by atoms with E-state index in [1.165, 1.54) is 37.0 Å². The number of nitrogens with one attached hydrogen (secondary N) is 1. The van der Waals surface area contributed by atoms with Crippen molar-refractivity contribution in [3.05, 3.63) is 17.0 Å². The van der Waals surface area contributed by atoms with Crippen LogP contribution in [-0.4, -0.2) is 5.91 Å². The number of amides is 1. The summed E-state index contributed by atoms with van der Waals surface area (Å²) in [4.78, 5) is 12.0. The molecule has 4 heteroatoms. The third kappa shape index (κ3) is 2.15. The standard InChI is InChI=1S/C14H16N2OS/c15-8-11-3-4-18-14(11)16-13(17)7-12-6-9-1-2-10(12)5-9/h3-4,9-10,12H,1-2,5-7H2,(H,16,17). The molecule has 0 aliphatic heterocycles. The summed E-state index contributed by atoms with van der Waals surface area (Å²) in [7, 11) is 0. The number of anilines is 1. The molecule has 3 nitrogen and oxygen atoms in total. The Morgan fingerprint density at radius 1 is 1.50 bits per heavy atom. The highest BCUT2D eigenvalue weighted by molar-refractivity contribution is 7.14. The third-order valence-corrected chi connectivity index (χ3v) is 5.20. The van der Waals surface area contributed by atoms with Gasteiger partial charge in [-0.25, -0.2) is 0 Å². The highest BCUT2D eigenvalue weighted by atomic mass is 32.1. The first kappa shape index (κ1) is 11.7. The van der Waals surface area contributed by atoms with Crippen molar-refractivity contribution in [1.29, 1.82) is 5.26 Å². The molecule has 3 unspecified atom stereocenters. The normalized spacial score (nSPS) is 29.2. The van der Waals surface area contributed by atoms with Crippen LogP contribution in [0.4, 0.5) is 5.00 Å². The van der Waals surface area contributed by atoms with Crippen LogP contribution in [0, 0.1) is 29.1 Å². The zero-order chi connectivity index (χ0) is 12.5. The highest BCUT2D eigenvalue weighted by Gasteiger charge is 2.40. The molecular formula is C14H16N2OS. The number of rotatable bonds is 3. The molecule has 2 saturated carbocycles. The van der Waals surface area contributed by atoms with E-state index in [4.69, 9.17) is 5.26 Å². The van der Waals surface area contributed by atoms with Gasteiger partial charge in [-0.2, -0.15) is 5.26 Å². The minimum Gasteiger partial charge on any atom is -0.317 e. The molecule has 0 radical (unpaired) electrons. The minimum absolute atomic E-state index is 0.0755. The van der Waals surface area contributed by atoms with E-state index in [0.717, 1.165) is 11.8 Å². The molecule has 1 N–H and O–H groups in total. The van der Waals surface area contributed by atoms with Crippen molar-refractivity contribution in [2.45, 2.75) is 32.1 Å². The van der Waals surface area contributed by atoms with Crippen LogP contribution in [0.5, 0.6) is 0 Å². The lowest BCUT2D eigenvalue weighted by Gasteiger charge is -2.20. The highest BCUT2D eigenvalue weighted by Crippen LogP contribution is 2.49. The van der Waals surface area contributed by atoms with Crippen molar-refractivity contribution in [2.75, 3.05) is 5.32 Å². The minimum atomic E-state index is 0.0755. The topological polar surface area (TPSA) is 52.9 Å². The smallest absolute Gasteiger partial charge is 0.225 e. The Bertz CT molecular complexity index is 502. The van der Waals surface area contributed by atoms with Crippen LogP contribution in [0.1, 0.15) is 37.7 Å². The molecule has 3 rings (SSSR count). The van der Waals surface area contributed by atoms with Gasteiger partial charge in [-0.05, 0) is 48.5 Å². The number of carbonyl (C=O) groups is 1. The fraction of sp³-hybridized carbons (Fsp3) is 0.571. The zero-order valence-corrected chi connectivity index (χ0v) is 11.0. The Hall–Kier alpha value is -1.34. The fourth-order valence-electron chi connectivity index (χ4n) is 3.54. The predicted molar refractivity (Wildman–Crippen MR) is 71.2 cm³/mol. The van der Waals surface area contributed by atoms with Crippen molar-refractivity contribution >= 4 is 22.2 Å². The Morgan fingerprint density at radius 2 is 2.39 bits per heavy atom. The van der Waals surface area contributed by atoms with Crippen molar-refractivity contribution < 1.29 is 4.79 Å². The second kappa shape index (κ2) is 4.74. The number of hydrogen-bond acceptors (Lipinski definition) is 3. The largest absolute Gasteiger partial charge is 0.317 e. The average Bonchev–Trinajstić information content (AvgIpc) is 3.04. The SMILES string of the molecule is N#Cc1ccsc1NC(=O)CC1CC2CCC1C2.